The fourth-order valence-electron chi connectivity index (χ4n) is 3.64. The molecular weight excluding hydrogens is 253 g/mol. The Kier molecular flexibility index (Phi) is 3.09. The molecule has 2 nitrogen and oxygen atoms in total. The van der Waals surface area contributed by atoms with Crippen LogP contribution in [0.5, 0.6) is 5.75 Å². The lowest BCUT2D eigenvalue weighted by Crippen LogP contribution is -2.32. The molecule has 1 heterocycles. The molecule has 1 aromatic rings. The van der Waals surface area contributed by atoms with Crippen molar-refractivity contribution in [3.63, 3.8) is 0 Å². The van der Waals surface area contributed by atoms with E-state index < -0.39 is 0 Å². The molecule has 3 rings (SSSR count). The van der Waals surface area contributed by atoms with E-state index in [4.69, 9.17) is 4.74 Å². The Bertz CT molecular complexity index is 510. The zero-order valence-electron chi connectivity index (χ0n) is 12.8. The van der Waals surface area contributed by atoms with Gasteiger partial charge in [-0.1, -0.05) is 27.7 Å². The minimum absolute atomic E-state index is 0.136. The van der Waals surface area contributed by atoms with E-state index in [1.807, 2.05) is 0 Å². The first-order valence-electron chi connectivity index (χ1n) is 7.48. The first-order valence-corrected chi connectivity index (χ1v) is 7.48. The number of halogens is 1. The molecule has 0 aromatic heterocycles. The Hall–Kier alpha value is -1.09. The van der Waals surface area contributed by atoms with E-state index in [0.29, 0.717) is 10.8 Å². The Morgan fingerprint density at radius 2 is 1.90 bits per heavy atom. The average Bonchev–Trinajstić information content (AvgIpc) is 2.68. The molecule has 1 atom stereocenters. The number of hydrogen-bond donors (Lipinski definition) is 1. The molecule has 1 N–H and O–H groups in total. The van der Waals surface area contributed by atoms with E-state index in [2.05, 4.69) is 33.0 Å². The van der Waals surface area contributed by atoms with Crippen molar-refractivity contribution >= 4 is 0 Å². The summed E-state index contributed by atoms with van der Waals surface area (Å²) >= 11 is 0. The highest BCUT2D eigenvalue weighted by Crippen LogP contribution is 2.67. The van der Waals surface area contributed by atoms with Gasteiger partial charge in [0.15, 0.2) is 0 Å². The lowest BCUT2D eigenvalue weighted by molar-refractivity contribution is 0.226. The molecule has 20 heavy (non-hydrogen) atoms. The van der Waals surface area contributed by atoms with E-state index in [0.717, 1.165) is 36.7 Å². The molecule has 1 aromatic carbocycles. The standard InChI is InChI=1S/C17H24FNO/c1-16(2)15(17(16,3)4)10-19-9-13-8-11-7-12(18)5-6-14(11)20-13/h5-7,13,15,19H,8-10H2,1-4H3. The summed E-state index contributed by atoms with van der Waals surface area (Å²) in [7, 11) is 0. The third kappa shape index (κ3) is 2.12. The molecule has 0 amide bonds. The van der Waals surface area contributed by atoms with Gasteiger partial charge in [0.1, 0.15) is 17.7 Å². The second-order valence-corrected chi connectivity index (χ2v) is 7.35. The molecule has 1 fully saturated rings. The Morgan fingerprint density at radius 1 is 1.20 bits per heavy atom. The van der Waals surface area contributed by atoms with Gasteiger partial charge < -0.3 is 10.1 Å². The minimum Gasteiger partial charge on any atom is -0.488 e. The number of rotatable bonds is 4. The lowest BCUT2D eigenvalue weighted by Gasteiger charge is -2.12. The summed E-state index contributed by atoms with van der Waals surface area (Å²) in [6.45, 7) is 11.2. The van der Waals surface area contributed by atoms with Gasteiger partial charge in [0.2, 0.25) is 0 Å². The lowest BCUT2D eigenvalue weighted by atomic mass is 10.0. The number of hydrogen-bond acceptors (Lipinski definition) is 2. The Labute approximate surface area is 120 Å². The molecule has 0 bridgehead atoms. The molecule has 1 aliphatic heterocycles. The number of nitrogens with one attached hydrogen (secondary N) is 1. The minimum atomic E-state index is -0.178. The van der Waals surface area contributed by atoms with Crippen molar-refractivity contribution in [1.82, 2.24) is 5.32 Å². The number of fused-ring (bicyclic) bond motifs is 1. The van der Waals surface area contributed by atoms with Gasteiger partial charge in [-0.3, -0.25) is 0 Å². The maximum Gasteiger partial charge on any atom is 0.123 e. The van der Waals surface area contributed by atoms with E-state index in [9.17, 15) is 4.39 Å². The summed E-state index contributed by atoms with van der Waals surface area (Å²) in [5.74, 6) is 1.38. The topological polar surface area (TPSA) is 21.3 Å². The number of benzene rings is 1. The van der Waals surface area contributed by atoms with Crippen LogP contribution in [0.4, 0.5) is 4.39 Å². The molecule has 1 unspecified atom stereocenters. The van der Waals surface area contributed by atoms with Gasteiger partial charge in [-0.05, 0) is 41.5 Å². The Balaban J connectivity index is 1.48. The van der Waals surface area contributed by atoms with Gasteiger partial charge in [0.25, 0.3) is 0 Å². The second-order valence-electron chi connectivity index (χ2n) is 7.35. The van der Waals surface area contributed by atoms with Crippen molar-refractivity contribution in [3.8, 4) is 5.75 Å². The number of ether oxygens (including phenoxy) is 1. The van der Waals surface area contributed by atoms with Crippen molar-refractivity contribution in [2.45, 2.75) is 40.2 Å². The van der Waals surface area contributed by atoms with Gasteiger partial charge in [0.05, 0.1) is 0 Å². The van der Waals surface area contributed by atoms with Crippen LogP contribution >= 0.6 is 0 Å². The molecule has 0 spiro atoms. The summed E-state index contributed by atoms with van der Waals surface area (Å²) in [6, 6.07) is 4.78. The first-order chi connectivity index (χ1) is 9.32. The van der Waals surface area contributed by atoms with Crippen molar-refractivity contribution < 1.29 is 9.13 Å². The van der Waals surface area contributed by atoms with Crippen LogP contribution in [-0.4, -0.2) is 19.2 Å². The fourth-order valence-corrected chi connectivity index (χ4v) is 3.64. The van der Waals surface area contributed by atoms with E-state index >= 15 is 0 Å². The van der Waals surface area contributed by atoms with Crippen molar-refractivity contribution in [1.29, 1.82) is 0 Å². The van der Waals surface area contributed by atoms with Gasteiger partial charge in [-0.2, -0.15) is 0 Å². The average molecular weight is 277 g/mol. The zero-order chi connectivity index (χ0) is 14.5. The highest BCUT2D eigenvalue weighted by atomic mass is 19.1. The van der Waals surface area contributed by atoms with Gasteiger partial charge in [0, 0.05) is 18.5 Å². The third-order valence-electron chi connectivity index (χ3n) is 5.80. The monoisotopic (exact) mass is 277 g/mol. The van der Waals surface area contributed by atoms with E-state index in [1.165, 1.54) is 6.07 Å². The molecule has 1 aliphatic carbocycles. The van der Waals surface area contributed by atoms with Crippen LogP contribution in [0.25, 0.3) is 0 Å². The van der Waals surface area contributed by atoms with E-state index in [1.54, 1.807) is 12.1 Å². The highest BCUT2D eigenvalue weighted by molar-refractivity contribution is 5.37. The first kappa shape index (κ1) is 13.9. The molecule has 0 saturated heterocycles. The van der Waals surface area contributed by atoms with Gasteiger partial charge >= 0.3 is 0 Å². The molecule has 2 aliphatic rings. The van der Waals surface area contributed by atoms with Gasteiger partial charge in [-0.25, -0.2) is 4.39 Å². The smallest absolute Gasteiger partial charge is 0.123 e. The molecule has 0 radical (unpaired) electrons. The quantitative estimate of drug-likeness (QED) is 0.910. The normalized spacial score (nSPS) is 26.1. The summed E-state index contributed by atoms with van der Waals surface area (Å²) in [5.41, 5.74) is 1.83. The van der Waals surface area contributed by atoms with Crippen LogP contribution in [0, 0.1) is 22.6 Å². The molecule has 110 valence electrons. The third-order valence-corrected chi connectivity index (χ3v) is 5.80. The molecular formula is C17H24FNO. The van der Waals surface area contributed by atoms with E-state index in [-0.39, 0.29) is 11.9 Å². The van der Waals surface area contributed by atoms with Crippen LogP contribution < -0.4 is 10.1 Å². The Morgan fingerprint density at radius 3 is 2.55 bits per heavy atom. The maximum atomic E-state index is 13.2. The van der Waals surface area contributed by atoms with Crippen molar-refractivity contribution in [2.24, 2.45) is 16.7 Å². The van der Waals surface area contributed by atoms with Crippen LogP contribution in [0.15, 0.2) is 18.2 Å². The molecule has 3 heteroatoms. The van der Waals surface area contributed by atoms with Crippen LogP contribution in [0.3, 0.4) is 0 Å². The van der Waals surface area contributed by atoms with Crippen LogP contribution in [0.2, 0.25) is 0 Å². The maximum absolute atomic E-state index is 13.2. The second kappa shape index (κ2) is 4.45. The largest absolute Gasteiger partial charge is 0.488 e. The van der Waals surface area contributed by atoms with Crippen LogP contribution in [-0.2, 0) is 6.42 Å². The fraction of sp³-hybridized carbons (Fsp3) is 0.647. The SMILES string of the molecule is CC1(C)C(CNCC2Cc3cc(F)ccc3O2)C1(C)C. The van der Waals surface area contributed by atoms with Crippen molar-refractivity contribution in [3.05, 3.63) is 29.6 Å². The molecule has 1 saturated carbocycles. The zero-order valence-corrected chi connectivity index (χ0v) is 12.8. The van der Waals surface area contributed by atoms with Gasteiger partial charge in [-0.15, -0.1) is 0 Å². The highest BCUT2D eigenvalue weighted by Gasteiger charge is 2.63. The summed E-state index contributed by atoms with van der Waals surface area (Å²) < 4.78 is 19.0. The summed E-state index contributed by atoms with van der Waals surface area (Å²) in [5, 5.41) is 3.53. The summed E-state index contributed by atoms with van der Waals surface area (Å²) in [6.07, 6.45) is 0.939. The predicted molar refractivity (Wildman–Crippen MR) is 78.4 cm³/mol. The summed E-state index contributed by atoms with van der Waals surface area (Å²) in [4.78, 5) is 0. The van der Waals surface area contributed by atoms with Crippen molar-refractivity contribution in [2.75, 3.05) is 13.1 Å². The predicted octanol–water partition coefficient (Wildman–Crippen LogP) is 3.40. The van der Waals surface area contributed by atoms with Crippen LogP contribution in [0.1, 0.15) is 33.3 Å².